The molecule has 7 heteroatoms. The molecular formula is C15H16Cl2N4O. The van der Waals surface area contributed by atoms with Gasteiger partial charge in [-0.25, -0.2) is 9.97 Å². The largest absolute Gasteiger partial charge is 0.352 e. The Bertz CT molecular complexity index is 661. The van der Waals surface area contributed by atoms with Gasteiger partial charge < -0.3 is 10.6 Å². The number of carbonyl (C=O) groups excluding carboxylic acids is 1. The van der Waals surface area contributed by atoms with Crippen LogP contribution in [0.5, 0.6) is 0 Å². The maximum Gasteiger partial charge on any atom is 0.258 e. The van der Waals surface area contributed by atoms with Crippen molar-refractivity contribution in [2.24, 2.45) is 0 Å². The Kier molecular flexibility index (Phi) is 5.57. The quantitative estimate of drug-likeness (QED) is 0.855. The highest BCUT2D eigenvalue weighted by molar-refractivity contribution is 6.44. The molecular weight excluding hydrogens is 323 g/mol. The minimum absolute atomic E-state index is 0.268. The van der Waals surface area contributed by atoms with Gasteiger partial charge in [-0.15, -0.1) is 0 Å². The van der Waals surface area contributed by atoms with Crippen LogP contribution in [-0.4, -0.2) is 21.9 Å². The third-order valence-corrected chi connectivity index (χ3v) is 3.92. The van der Waals surface area contributed by atoms with Crippen LogP contribution in [0.4, 0.5) is 11.6 Å². The molecule has 22 heavy (non-hydrogen) atoms. The van der Waals surface area contributed by atoms with Crippen molar-refractivity contribution in [1.82, 2.24) is 9.97 Å². The maximum atomic E-state index is 12.2. The molecule has 0 spiro atoms. The first-order chi connectivity index (χ1) is 10.5. The number of benzene rings is 1. The lowest BCUT2D eigenvalue weighted by Crippen LogP contribution is -2.17. The number of hydrogen-bond donors (Lipinski definition) is 2. The lowest BCUT2D eigenvalue weighted by Gasteiger charge is -2.11. The molecule has 0 radical (unpaired) electrons. The van der Waals surface area contributed by atoms with Gasteiger partial charge in [0.15, 0.2) is 0 Å². The Hall–Kier alpha value is -1.85. The number of aromatic nitrogens is 2. The van der Waals surface area contributed by atoms with Crippen molar-refractivity contribution in [2.45, 2.75) is 26.3 Å². The van der Waals surface area contributed by atoms with E-state index < -0.39 is 0 Å². The van der Waals surface area contributed by atoms with E-state index in [1.54, 1.807) is 18.2 Å². The molecule has 2 aromatic rings. The first-order valence-electron chi connectivity index (χ1n) is 6.85. The number of rotatable bonds is 5. The first kappa shape index (κ1) is 16.5. The van der Waals surface area contributed by atoms with E-state index in [0.717, 1.165) is 6.42 Å². The van der Waals surface area contributed by atoms with Gasteiger partial charge in [0.25, 0.3) is 5.91 Å². The summed E-state index contributed by atoms with van der Waals surface area (Å²) in [7, 11) is 0. The summed E-state index contributed by atoms with van der Waals surface area (Å²) in [6.45, 7) is 4.10. The zero-order valence-corrected chi connectivity index (χ0v) is 13.7. The summed E-state index contributed by atoms with van der Waals surface area (Å²) >= 11 is 11.9. The molecule has 5 nitrogen and oxygen atoms in total. The zero-order valence-electron chi connectivity index (χ0n) is 12.2. The second-order valence-corrected chi connectivity index (χ2v) is 5.59. The fourth-order valence-electron chi connectivity index (χ4n) is 1.64. The minimum Gasteiger partial charge on any atom is -0.352 e. The number of nitrogens with one attached hydrogen (secondary N) is 2. The molecule has 2 rings (SSSR count). The SMILES string of the molecule is CCC(C)Nc1ncc(C(=O)Nc2cccc(Cl)c2Cl)cn1. The van der Waals surface area contributed by atoms with E-state index in [0.29, 0.717) is 27.2 Å². The number of anilines is 2. The van der Waals surface area contributed by atoms with Gasteiger partial charge in [-0.05, 0) is 25.5 Å². The molecule has 1 amide bonds. The van der Waals surface area contributed by atoms with E-state index in [-0.39, 0.29) is 11.9 Å². The van der Waals surface area contributed by atoms with E-state index in [2.05, 4.69) is 27.5 Å². The maximum absolute atomic E-state index is 12.2. The average Bonchev–Trinajstić information content (AvgIpc) is 2.52. The summed E-state index contributed by atoms with van der Waals surface area (Å²) in [6, 6.07) is 5.30. The van der Waals surface area contributed by atoms with Crippen LogP contribution in [0.1, 0.15) is 30.6 Å². The third-order valence-electron chi connectivity index (χ3n) is 3.10. The van der Waals surface area contributed by atoms with Crippen LogP contribution in [0.2, 0.25) is 10.0 Å². The van der Waals surface area contributed by atoms with Crippen LogP contribution in [0.15, 0.2) is 30.6 Å². The standard InChI is InChI=1S/C15H16Cl2N4O/c1-3-9(2)20-15-18-7-10(8-19-15)14(22)21-12-6-4-5-11(16)13(12)17/h4-9H,3H2,1-2H3,(H,21,22)(H,18,19,20). The van der Waals surface area contributed by atoms with Crippen molar-refractivity contribution in [2.75, 3.05) is 10.6 Å². The summed E-state index contributed by atoms with van der Waals surface area (Å²) in [4.78, 5) is 20.4. The molecule has 0 saturated carbocycles. The second-order valence-electron chi connectivity index (χ2n) is 4.80. The first-order valence-corrected chi connectivity index (χ1v) is 7.60. The molecule has 1 aromatic heterocycles. The van der Waals surface area contributed by atoms with E-state index in [9.17, 15) is 4.79 Å². The lowest BCUT2D eigenvalue weighted by atomic mass is 10.2. The van der Waals surface area contributed by atoms with Crippen LogP contribution in [0, 0.1) is 0 Å². The average molecular weight is 339 g/mol. The number of carbonyl (C=O) groups is 1. The Labute approximate surface area is 139 Å². The van der Waals surface area contributed by atoms with Crippen molar-refractivity contribution in [3.63, 3.8) is 0 Å². The molecule has 1 atom stereocenters. The third kappa shape index (κ3) is 4.08. The Balaban J connectivity index is 2.08. The lowest BCUT2D eigenvalue weighted by molar-refractivity contribution is 0.102. The van der Waals surface area contributed by atoms with Gasteiger partial charge in [-0.1, -0.05) is 36.2 Å². The molecule has 0 bridgehead atoms. The zero-order chi connectivity index (χ0) is 16.1. The Morgan fingerprint density at radius 2 is 1.95 bits per heavy atom. The predicted octanol–water partition coefficient (Wildman–Crippen LogP) is 4.25. The molecule has 1 unspecified atom stereocenters. The number of amides is 1. The summed E-state index contributed by atoms with van der Waals surface area (Å²) in [5.41, 5.74) is 0.784. The molecule has 0 aliphatic heterocycles. The predicted molar refractivity (Wildman–Crippen MR) is 89.8 cm³/mol. The fraction of sp³-hybridized carbons (Fsp3) is 0.267. The van der Waals surface area contributed by atoms with Gasteiger partial charge in [-0.3, -0.25) is 4.79 Å². The number of hydrogen-bond acceptors (Lipinski definition) is 4. The molecule has 0 fully saturated rings. The van der Waals surface area contributed by atoms with Gasteiger partial charge in [-0.2, -0.15) is 0 Å². The summed E-state index contributed by atoms with van der Waals surface area (Å²) < 4.78 is 0. The molecule has 116 valence electrons. The van der Waals surface area contributed by atoms with Crippen molar-refractivity contribution in [1.29, 1.82) is 0 Å². The monoisotopic (exact) mass is 338 g/mol. The summed E-state index contributed by atoms with van der Waals surface area (Å²) in [5.74, 6) is 0.144. The fourth-order valence-corrected chi connectivity index (χ4v) is 1.98. The second kappa shape index (κ2) is 7.42. The van der Waals surface area contributed by atoms with Crippen LogP contribution >= 0.6 is 23.2 Å². The van der Waals surface area contributed by atoms with Crippen LogP contribution in [0.25, 0.3) is 0 Å². The molecule has 0 saturated heterocycles. The van der Waals surface area contributed by atoms with E-state index in [1.807, 2.05) is 6.92 Å². The van der Waals surface area contributed by atoms with Gasteiger partial charge in [0.2, 0.25) is 5.95 Å². The topological polar surface area (TPSA) is 66.9 Å². The van der Waals surface area contributed by atoms with E-state index in [4.69, 9.17) is 23.2 Å². The minimum atomic E-state index is -0.348. The van der Waals surface area contributed by atoms with Gasteiger partial charge in [0.05, 0.1) is 21.3 Å². The van der Waals surface area contributed by atoms with Crippen LogP contribution in [0.3, 0.4) is 0 Å². The van der Waals surface area contributed by atoms with Crippen molar-refractivity contribution < 1.29 is 4.79 Å². The summed E-state index contributed by atoms with van der Waals surface area (Å²) in [6.07, 6.45) is 3.88. The van der Waals surface area contributed by atoms with Crippen molar-refractivity contribution >= 4 is 40.7 Å². The van der Waals surface area contributed by atoms with Gasteiger partial charge >= 0.3 is 0 Å². The molecule has 1 heterocycles. The molecule has 0 aliphatic rings. The molecule has 0 aliphatic carbocycles. The number of nitrogens with zero attached hydrogens (tertiary/aromatic N) is 2. The van der Waals surface area contributed by atoms with Crippen molar-refractivity contribution in [3.8, 4) is 0 Å². The van der Waals surface area contributed by atoms with E-state index in [1.165, 1.54) is 12.4 Å². The van der Waals surface area contributed by atoms with Crippen LogP contribution in [-0.2, 0) is 0 Å². The highest BCUT2D eigenvalue weighted by atomic mass is 35.5. The van der Waals surface area contributed by atoms with Gasteiger partial charge in [0, 0.05) is 18.4 Å². The highest BCUT2D eigenvalue weighted by Gasteiger charge is 2.11. The summed E-state index contributed by atoms with van der Waals surface area (Å²) in [5, 5.41) is 6.49. The van der Waals surface area contributed by atoms with E-state index >= 15 is 0 Å². The van der Waals surface area contributed by atoms with Crippen LogP contribution < -0.4 is 10.6 Å². The smallest absolute Gasteiger partial charge is 0.258 e. The normalized spacial score (nSPS) is 11.8. The van der Waals surface area contributed by atoms with Gasteiger partial charge in [0.1, 0.15) is 0 Å². The Morgan fingerprint density at radius 1 is 1.27 bits per heavy atom. The highest BCUT2D eigenvalue weighted by Crippen LogP contribution is 2.29. The van der Waals surface area contributed by atoms with Crippen molar-refractivity contribution in [3.05, 3.63) is 46.2 Å². The molecule has 1 aromatic carbocycles. The number of halogens is 2. The Morgan fingerprint density at radius 3 is 2.59 bits per heavy atom. The molecule has 2 N–H and O–H groups in total.